The van der Waals surface area contributed by atoms with Crippen molar-refractivity contribution in [3.05, 3.63) is 70.5 Å². The summed E-state index contributed by atoms with van der Waals surface area (Å²) in [6, 6.07) is 12.5. The Balaban J connectivity index is 1.51. The maximum Gasteiger partial charge on any atom is 0.220 e. The zero-order valence-electron chi connectivity index (χ0n) is 14.9. The van der Waals surface area contributed by atoms with E-state index in [1.165, 1.54) is 6.26 Å². The number of pyridine rings is 1. The van der Waals surface area contributed by atoms with E-state index in [4.69, 9.17) is 0 Å². The molecule has 0 aliphatic heterocycles. The van der Waals surface area contributed by atoms with Crippen LogP contribution in [0.5, 0.6) is 0 Å². The van der Waals surface area contributed by atoms with E-state index in [0.29, 0.717) is 19.4 Å². The van der Waals surface area contributed by atoms with Crippen molar-refractivity contribution in [3.63, 3.8) is 0 Å². The minimum absolute atomic E-state index is 0.0453. The van der Waals surface area contributed by atoms with Crippen molar-refractivity contribution < 1.29 is 13.2 Å². The van der Waals surface area contributed by atoms with E-state index in [2.05, 4.69) is 10.3 Å². The van der Waals surface area contributed by atoms with Crippen LogP contribution in [0.1, 0.15) is 17.5 Å². The minimum Gasteiger partial charge on any atom is -0.352 e. The summed E-state index contributed by atoms with van der Waals surface area (Å²) >= 11 is 1.62. The van der Waals surface area contributed by atoms with E-state index in [9.17, 15) is 13.2 Å². The topological polar surface area (TPSA) is 76.1 Å². The lowest BCUT2D eigenvalue weighted by molar-refractivity contribution is -0.121. The summed E-state index contributed by atoms with van der Waals surface area (Å²) in [6.45, 7) is 0.450. The zero-order valence-corrected chi connectivity index (χ0v) is 16.5. The van der Waals surface area contributed by atoms with Crippen LogP contribution < -0.4 is 5.32 Å². The average Bonchev–Trinajstić information content (AvgIpc) is 3.19. The lowest BCUT2D eigenvalue weighted by Crippen LogP contribution is -2.23. The number of sulfone groups is 1. The average molecular weight is 401 g/mol. The van der Waals surface area contributed by atoms with E-state index >= 15 is 0 Å². The first kappa shape index (κ1) is 19.3. The number of rotatable bonds is 7. The highest BCUT2D eigenvalue weighted by atomic mass is 32.2. The molecule has 0 bridgehead atoms. The van der Waals surface area contributed by atoms with Crippen molar-refractivity contribution in [2.24, 2.45) is 0 Å². The molecule has 140 valence electrons. The smallest absolute Gasteiger partial charge is 0.220 e. The molecule has 3 rings (SSSR count). The second-order valence-corrected chi connectivity index (χ2v) is 9.05. The summed E-state index contributed by atoms with van der Waals surface area (Å²) in [5.74, 6) is -0.0453. The Bertz CT molecular complexity index is 1010. The molecule has 7 heteroatoms. The van der Waals surface area contributed by atoms with Crippen LogP contribution in [0, 0.1) is 0 Å². The molecule has 0 saturated heterocycles. The highest BCUT2D eigenvalue weighted by Crippen LogP contribution is 2.20. The lowest BCUT2D eigenvalue weighted by Gasteiger charge is -2.07. The van der Waals surface area contributed by atoms with Gasteiger partial charge in [0.05, 0.1) is 10.6 Å². The molecule has 0 atom stereocenters. The summed E-state index contributed by atoms with van der Waals surface area (Å²) in [4.78, 5) is 16.8. The zero-order chi connectivity index (χ0) is 19.3. The molecule has 1 aromatic carbocycles. The lowest BCUT2D eigenvalue weighted by atomic mass is 10.1. The fourth-order valence-electron chi connectivity index (χ4n) is 2.60. The fraction of sp³-hybridized carbons (Fsp3) is 0.200. The Morgan fingerprint density at radius 3 is 2.56 bits per heavy atom. The predicted octanol–water partition coefficient (Wildman–Crippen LogP) is 3.46. The van der Waals surface area contributed by atoms with Crippen LogP contribution in [-0.4, -0.2) is 25.6 Å². The molecule has 1 amide bonds. The highest BCUT2D eigenvalue weighted by molar-refractivity contribution is 7.90. The SMILES string of the molecule is CS(=O)(=O)c1ccc(CCC(=O)NCc2ccnc(-c3ccsc3)c2)cc1. The monoisotopic (exact) mass is 400 g/mol. The molecule has 0 saturated carbocycles. The molecular formula is C20H20N2O3S2. The Morgan fingerprint density at radius 2 is 1.89 bits per heavy atom. The summed E-state index contributed by atoms with van der Waals surface area (Å²) in [6.07, 6.45) is 3.84. The number of carbonyl (C=O) groups excluding carboxylic acids is 1. The van der Waals surface area contributed by atoms with Crippen LogP contribution in [-0.2, 0) is 27.6 Å². The van der Waals surface area contributed by atoms with Gasteiger partial charge in [0.1, 0.15) is 0 Å². The molecule has 27 heavy (non-hydrogen) atoms. The first-order valence-corrected chi connectivity index (χ1v) is 11.3. The first-order valence-electron chi connectivity index (χ1n) is 8.45. The molecule has 3 aromatic rings. The number of aryl methyl sites for hydroxylation is 1. The van der Waals surface area contributed by atoms with Crippen LogP contribution in [0.25, 0.3) is 11.3 Å². The molecular weight excluding hydrogens is 380 g/mol. The number of nitrogens with one attached hydrogen (secondary N) is 1. The summed E-state index contributed by atoms with van der Waals surface area (Å²) in [7, 11) is -3.19. The van der Waals surface area contributed by atoms with Crippen molar-refractivity contribution in [2.75, 3.05) is 6.26 Å². The Labute approximate surface area is 163 Å². The summed E-state index contributed by atoms with van der Waals surface area (Å²) in [5, 5.41) is 6.97. The van der Waals surface area contributed by atoms with Crippen LogP contribution in [0.3, 0.4) is 0 Å². The number of benzene rings is 1. The van der Waals surface area contributed by atoms with Gasteiger partial charge < -0.3 is 5.32 Å². The van der Waals surface area contributed by atoms with Gasteiger partial charge in [0.25, 0.3) is 0 Å². The van der Waals surface area contributed by atoms with Crippen LogP contribution >= 0.6 is 11.3 Å². The van der Waals surface area contributed by atoms with Gasteiger partial charge in [-0.05, 0) is 53.3 Å². The molecule has 1 N–H and O–H groups in total. The van der Waals surface area contributed by atoms with Gasteiger partial charge in [-0.25, -0.2) is 8.42 Å². The predicted molar refractivity (Wildman–Crippen MR) is 107 cm³/mol. The third kappa shape index (κ3) is 5.48. The van der Waals surface area contributed by atoms with Crippen molar-refractivity contribution in [2.45, 2.75) is 24.3 Å². The molecule has 2 aromatic heterocycles. The number of thiophene rings is 1. The molecule has 2 heterocycles. The van der Waals surface area contributed by atoms with Gasteiger partial charge in [0, 0.05) is 36.4 Å². The van der Waals surface area contributed by atoms with Crippen molar-refractivity contribution in [1.29, 1.82) is 0 Å². The number of hydrogen-bond donors (Lipinski definition) is 1. The van der Waals surface area contributed by atoms with Gasteiger partial charge in [0.2, 0.25) is 5.91 Å². The first-order chi connectivity index (χ1) is 12.9. The maximum atomic E-state index is 12.1. The van der Waals surface area contributed by atoms with E-state index in [1.807, 2.05) is 29.0 Å². The van der Waals surface area contributed by atoms with Crippen LogP contribution in [0.2, 0.25) is 0 Å². The largest absolute Gasteiger partial charge is 0.352 e. The van der Waals surface area contributed by atoms with Crippen molar-refractivity contribution in [1.82, 2.24) is 10.3 Å². The van der Waals surface area contributed by atoms with Crippen molar-refractivity contribution >= 4 is 27.1 Å². The Morgan fingerprint density at radius 1 is 1.11 bits per heavy atom. The summed E-state index contributed by atoms with van der Waals surface area (Å²) in [5.41, 5.74) is 3.90. The van der Waals surface area contributed by atoms with Gasteiger partial charge in [0.15, 0.2) is 9.84 Å². The highest BCUT2D eigenvalue weighted by Gasteiger charge is 2.08. The fourth-order valence-corrected chi connectivity index (χ4v) is 3.88. The molecule has 0 spiro atoms. The van der Waals surface area contributed by atoms with Crippen LogP contribution in [0.15, 0.2) is 64.3 Å². The molecule has 0 radical (unpaired) electrons. The number of amides is 1. The maximum absolute atomic E-state index is 12.1. The van der Waals surface area contributed by atoms with E-state index in [-0.39, 0.29) is 10.8 Å². The van der Waals surface area contributed by atoms with Crippen molar-refractivity contribution in [3.8, 4) is 11.3 Å². The van der Waals surface area contributed by atoms with Gasteiger partial charge >= 0.3 is 0 Å². The second-order valence-electron chi connectivity index (χ2n) is 6.25. The normalized spacial score (nSPS) is 11.3. The minimum atomic E-state index is -3.19. The quantitative estimate of drug-likeness (QED) is 0.659. The van der Waals surface area contributed by atoms with E-state index < -0.39 is 9.84 Å². The molecule has 0 fully saturated rings. The number of hydrogen-bond acceptors (Lipinski definition) is 5. The molecule has 0 aliphatic rings. The summed E-state index contributed by atoms with van der Waals surface area (Å²) < 4.78 is 22.9. The van der Waals surface area contributed by atoms with Gasteiger partial charge in [-0.1, -0.05) is 12.1 Å². The van der Waals surface area contributed by atoms with Gasteiger partial charge in [-0.15, -0.1) is 0 Å². The standard InChI is InChI=1S/C20H20N2O3S2/c1-27(24,25)18-5-2-15(3-6-18)4-7-20(23)22-13-16-8-10-21-19(12-16)17-9-11-26-14-17/h2-3,5-6,8-12,14H,4,7,13H2,1H3,(H,22,23). The number of aromatic nitrogens is 1. The number of carbonyl (C=O) groups is 1. The second kappa shape index (κ2) is 8.45. The van der Waals surface area contributed by atoms with Crippen LogP contribution in [0.4, 0.5) is 0 Å². The van der Waals surface area contributed by atoms with E-state index in [0.717, 1.165) is 22.4 Å². The van der Waals surface area contributed by atoms with Gasteiger partial charge in [-0.3, -0.25) is 9.78 Å². The Kier molecular flexibility index (Phi) is 6.03. The van der Waals surface area contributed by atoms with Gasteiger partial charge in [-0.2, -0.15) is 11.3 Å². The third-order valence-electron chi connectivity index (χ3n) is 4.12. The number of nitrogens with zero attached hydrogens (tertiary/aromatic N) is 1. The molecule has 0 unspecified atom stereocenters. The molecule has 5 nitrogen and oxygen atoms in total. The van der Waals surface area contributed by atoms with E-state index in [1.54, 1.807) is 41.8 Å². The Hall–Kier alpha value is -2.51. The molecule has 0 aliphatic carbocycles. The third-order valence-corrected chi connectivity index (χ3v) is 5.93.